The van der Waals surface area contributed by atoms with E-state index in [1.807, 2.05) is 13.0 Å². The highest BCUT2D eigenvalue weighted by Crippen LogP contribution is 2.22. The number of carbonyl (C=O) groups is 2. The molecule has 1 aromatic carbocycles. The molecule has 0 unspecified atom stereocenters. The molecule has 5 nitrogen and oxygen atoms in total. The molecule has 0 saturated carbocycles. The quantitative estimate of drug-likeness (QED) is 0.861. The molecule has 1 heterocycles. The van der Waals surface area contributed by atoms with Crippen molar-refractivity contribution in [3.8, 4) is 6.07 Å². The van der Waals surface area contributed by atoms with Crippen molar-refractivity contribution in [2.45, 2.75) is 25.8 Å². The number of nitrogens with two attached hydrogens (primary N) is 1. The summed E-state index contributed by atoms with van der Waals surface area (Å²) in [4.78, 5) is 25.3. The standard InChI is InChI=1S/C17H19N3O2/c1-12-6-7-15(17(19)22)11-20(12)16(21)9-8-13-4-2-3-5-14(13)10-18/h2-5,8-9,12,15H,6-7,11H2,1H3,(H2,19,22)/b9-8-/t12-,15+/m1/s1. The Labute approximate surface area is 130 Å². The number of rotatable bonds is 3. The highest BCUT2D eigenvalue weighted by molar-refractivity contribution is 5.93. The first-order chi connectivity index (χ1) is 10.5. The van der Waals surface area contributed by atoms with E-state index < -0.39 is 0 Å². The Morgan fingerprint density at radius 2 is 2.09 bits per heavy atom. The fourth-order valence-corrected chi connectivity index (χ4v) is 2.65. The molecular formula is C17H19N3O2. The van der Waals surface area contributed by atoms with E-state index in [1.165, 1.54) is 6.08 Å². The van der Waals surface area contributed by atoms with Crippen LogP contribution < -0.4 is 5.73 Å². The van der Waals surface area contributed by atoms with Crippen LogP contribution in [0.25, 0.3) is 6.08 Å². The van der Waals surface area contributed by atoms with Crippen molar-refractivity contribution in [3.63, 3.8) is 0 Å². The summed E-state index contributed by atoms with van der Waals surface area (Å²) >= 11 is 0. The Hall–Kier alpha value is -2.61. The van der Waals surface area contributed by atoms with Gasteiger partial charge >= 0.3 is 0 Å². The van der Waals surface area contributed by atoms with Crippen LogP contribution in [-0.4, -0.2) is 29.3 Å². The molecule has 2 rings (SSSR count). The third-order valence-electron chi connectivity index (χ3n) is 4.05. The molecule has 2 amide bonds. The van der Waals surface area contributed by atoms with Gasteiger partial charge in [0, 0.05) is 18.7 Å². The summed E-state index contributed by atoms with van der Waals surface area (Å²) < 4.78 is 0. The first-order valence-electron chi connectivity index (χ1n) is 7.30. The summed E-state index contributed by atoms with van der Waals surface area (Å²) in [6, 6.07) is 9.26. The van der Waals surface area contributed by atoms with E-state index in [0.717, 1.165) is 12.8 Å². The number of benzene rings is 1. The van der Waals surface area contributed by atoms with Crippen LogP contribution in [-0.2, 0) is 9.59 Å². The zero-order valence-corrected chi connectivity index (χ0v) is 12.5. The van der Waals surface area contributed by atoms with Crippen molar-refractivity contribution in [2.75, 3.05) is 6.54 Å². The second-order valence-electron chi connectivity index (χ2n) is 5.55. The highest BCUT2D eigenvalue weighted by Gasteiger charge is 2.30. The average molecular weight is 297 g/mol. The van der Waals surface area contributed by atoms with Crippen LogP contribution in [0.2, 0.25) is 0 Å². The van der Waals surface area contributed by atoms with Crippen LogP contribution in [0.4, 0.5) is 0 Å². The molecule has 1 aliphatic heterocycles. The molecular weight excluding hydrogens is 278 g/mol. The number of carbonyl (C=O) groups excluding carboxylic acids is 2. The lowest BCUT2D eigenvalue weighted by molar-refractivity contribution is -0.133. The third kappa shape index (κ3) is 3.53. The van der Waals surface area contributed by atoms with Crippen LogP contribution in [0.15, 0.2) is 30.3 Å². The van der Waals surface area contributed by atoms with Gasteiger partial charge in [0.05, 0.1) is 17.6 Å². The van der Waals surface area contributed by atoms with Crippen molar-refractivity contribution in [2.24, 2.45) is 11.7 Å². The third-order valence-corrected chi connectivity index (χ3v) is 4.05. The van der Waals surface area contributed by atoms with Crippen LogP contribution in [0.5, 0.6) is 0 Å². The van der Waals surface area contributed by atoms with Gasteiger partial charge in [0.2, 0.25) is 11.8 Å². The van der Waals surface area contributed by atoms with Gasteiger partial charge in [-0.1, -0.05) is 18.2 Å². The van der Waals surface area contributed by atoms with E-state index in [9.17, 15) is 9.59 Å². The second kappa shape index (κ2) is 6.90. The van der Waals surface area contributed by atoms with E-state index in [-0.39, 0.29) is 23.8 Å². The molecule has 1 aromatic rings. The molecule has 2 atom stereocenters. The predicted molar refractivity (Wildman–Crippen MR) is 83.3 cm³/mol. The average Bonchev–Trinajstić information content (AvgIpc) is 2.53. The fourth-order valence-electron chi connectivity index (χ4n) is 2.65. The van der Waals surface area contributed by atoms with Crippen LogP contribution in [0.3, 0.4) is 0 Å². The lowest BCUT2D eigenvalue weighted by Gasteiger charge is -2.36. The minimum Gasteiger partial charge on any atom is -0.369 e. The molecule has 5 heteroatoms. The number of hydrogen-bond donors (Lipinski definition) is 1. The Kier molecular flexibility index (Phi) is 4.95. The van der Waals surface area contributed by atoms with Gasteiger partial charge in [-0.25, -0.2) is 0 Å². The van der Waals surface area contributed by atoms with Crippen molar-refractivity contribution in [3.05, 3.63) is 41.5 Å². The Morgan fingerprint density at radius 1 is 1.36 bits per heavy atom. The minimum atomic E-state index is -0.358. The smallest absolute Gasteiger partial charge is 0.246 e. The number of primary amides is 1. The summed E-state index contributed by atoms with van der Waals surface area (Å²) in [5.74, 6) is -0.797. The van der Waals surface area contributed by atoms with Gasteiger partial charge in [0.15, 0.2) is 0 Å². The van der Waals surface area contributed by atoms with E-state index in [0.29, 0.717) is 17.7 Å². The summed E-state index contributed by atoms with van der Waals surface area (Å²) in [5, 5.41) is 9.04. The molecule has 0 spiro atoms. The maximum absolute atomic E-state index is 12.4. The summed E-state index contributed by atoms with van der Waals surface area (Å²) in [5.41, 5.74) is 6.57. The highest BCUT2D eigenvalue weighted by atomic mass is 16.2. The largest absolute Gasteiger partial charge is 0.369 e. The fraction of sp³-hybridized carbons (Fsp3) is 0.353. The number of nitriles is 1. The summed E-state index contributed by atoms with van der Waals surface area (Å²) in [6.07, 6.45) is 4.58. The lowest BCUT2D eigenvalue weighted by Crippen LogP contribution is -2.48. The molecule has 2 N–H and O–H groups in total. The van der Waals surface area contributed by atoms with Crippen molar-refractivity contribution >= 4 is 17.9 Å². The molecule has 1 aliphatic rings. The van der Waals surface area contributed by atoms with Gasteiger partial charge in [-0.3, -0.25) is 9.59 Å². The Balaban J connectivity index is 2.12. The monoisotopic (exact) mass is 297 g/mol. The number of nitrogens with zero attached hydrogens (tertiary/aromatic N) is 2. The predicted octanol–water partition coefficient (Wildman–Crippen LogP) is 1.68. The number of hydrogen-bond acceptors (Lipinski definition) is 3. The summed E-state index contributed by atoms with van der Waals surface area (Å²) in [6.45, 7) is 2.33. The van der Waals surface area contributed by atoms with Gasteiger partial charge < -0.3 is 10.6 Å². The van der Waals surface area contributed by atoms with Crippen LogP contribution in [0, 0.1) is 17.2 Å². The Bertz CT molecular complexity index is 646. The maximum Gasteiger partial charge on any atom is 0.246 e. The zero-order chi connectivity index (χ0) is 16.1. The zero-order valence-electron chi connectivity index (χ0n) is 12.5. The van der Waals surface area contributed by atoms with Gasteiger partial charge in [0.1, 0.15) is 0 Å². The number of piperidine rings is 1. The topological polar surface area (TPSA) is 87.2 Å². The molecule has 0 radical (unpaired) electrons. The van der Waals surface area contributed by atoms with E-state index in [1.54, 1.807) is 29.2 Å². The van der Waals surface area contributed by atoms with Gasteiger partial charge in [-0.05, 0) is 37.5 Å². The Morgan fingerprint density at radius 3 is 2.77 bits per heavy atom. The van der Waals surface area contributed by atoms with Crippen molar-refractivity contribution in [1.29, 1.82) is 5.26 Å². The van der Waals surface area contributed by atoms with Gasteiger partial charge in [0.25, 0.3) is 0 Å². The number of amides is 2. The van der Waals surface area contributed by atoms with Gasteiger partial charge in [-0.15, -0.1) is 0 Å². The van der Waals surface area contributed by atoms with Crippen LogP contribution in [0.1, 0.15) is 30.9 Å². The minimum absolute atomic E-state index is 0.0824. The molecule has 114 valence electrons. The normalized spacial score (nSPS) is 21.5. The lowest BCUT2D eigenvalue weighted by atomic mass is 9.93. The molecule has 0 bridgehead atoms. The molecule has 22 heavy (non-hydrogen) atoms. The van der Waals surface area contributed by atoms with E-state index >= 15 is 0 Å². The molecule has 1 saturated heterocycles. The van der Waals surface area contributed by atoms with E-state index in [4.69, 9.17) is 11.0 Å². The molecule has 0 aliphatic carbocycles. The van der Waals surface area contributed by atoms with E-state index in [2.05, 4.69) is 6.07 Å². The van der Waals surface area contributed by atoms with Crippen molar-refractivity contribution in [1.82, 2.24) is 4.90 Å². The SMILES string of the molecule is C[C@@H]1CC[C@H](C(N)=O)CN1C(=O)/C=C\c1ccccc1C#N. The number of likely N-dealkylation sites (tertiary alicyclic amines) is 1. The molecule has 1 fully saturated rings. The van der Waals surface area contributed by atoms with Crippen LogP contribution >= 0.6 is 0 Å². The second-order valence-corrected chi connectivity index (χ2v) is 5.55. The summed E-state index contributed by atoms with van der Waals surface area (Å²) in [7, 11) is 0. The first-order valence-corrected chi connectivity index (χ1v) is 7.30. The first kappa shape index (κ1) is 15.8. The maximum atomic E-state index is 12.4. The van der Waals surface area contributed by atoms with Crippen molar-refractivity contribution < 1.29 is 9.59 Å². The molecule has 0 aromatic heterocycles. The van der Waals surface area contributed by atoms with Gasteiger partial charge in [-0.2, -0.15) is 5.26 Å².